The Morgan fingerprint density at radius 3 is 2.91 bits per heavy atom. The monoisotopic (exact) mass is 192 g/mol. The topological polar surface area (TPSA) is 35.0 Å². The first-order valence-corrected chi connectivity index (χ1v) is 4.58. The van der Waals surface area contributed by atoms with Crippen molar-refractivity contribution < 1.29 is 4.74 Å². The summed E-state index contributed by atoms with van der Waals surface area (Å²) in [5.74, 6) is 0. The van der Waals surface area contributed by atoms with Gasteiger partial charge in [-0.1, -0.05) is 18.3 Å². The van der Waals surface area contributed by atoms with Gasteiger partial charge in [0.15, 0.2) is 0 Å². The van der Waals surface area contributed by atoms with Gasteiger partial charge in [-0.05, 0) is 18.0 Å². The fourth-order valence-electron chi connectivity index (χ4n) is 0.595. The Balaban J connectivity index is 2.27. The van der Waals surface area contributed by atoms with E-state index in [1.807, 2.05) is 0 Å². The maximum atomic E-state index is 5.56. The highest BCUT2D eigenvalue weighted by atomic mass is 35.5. The zero-order valence-electron chi connectivity index (χ0n) is 6.21. The molecular weight excluding hydrogens is 184 g/mol. The van der Waals surface area contributed by atoms with Crippen LogP contribution in [0.15, 0.2) is 0 Å². The van der Waals surface area contributed by atoms with Gasteiger partial charge in [-0.3, -0.25) is 0 Å². The summed E-state index contributed by atoms with van der Waals surface area (Å²) in [4.78, 5) is 0. The lowest BCUT2D eigenvalue weighted by Crippen LogP contribution is -1.92. The van der Waals surface area contributed by atoms with Crippen LogP contribution in [0, 0.1) is 0 Å². The highest BCUT2D eigenvalue weighted by Crippen LogP contribution is 2.15. The van der Waals surface area contributed by atoms with Crippen LogP contribution in [0.25, 0.3) is 0 Å². The van der Waals surface area contributed by atoms with Crippen molar-refractivity contribution in [2.45, 2.75) is 20.0 Å². The Morgan fingerprint density at radius 2 is 2.36 bits per heavy atom. The van der Waals surface area contributed by atoms with Crippen LogP contribution in [0.2, 0.25) is 4.47 Å². The van der Waals surface area contributed by atoms with Crippen molar-refractivity contribution in [2.24, 2.45) is 0 Å². The summed E-state index contributed by atoms with van der Waals surface area (Å²) in [5.41, 5.74) is 0. The molecule has 62 valence electrons. The van der Waals surface area contributed by atoms with E-state index in [2.05, 4.69) is 17.1 Å². The number of aromatic nitrogens is 2. The molecule has 1 heterocycles. The first kappa shape index (κ1) is 8.90. The summed E-state index contributed by atoms with van der Waals surface area (Å²) in [6.07, 6.45) is 1.02. The van der Waals surface area contributed by atoms with E-state index >= 15 is 0 Å². The maximum Gasteiger partial charge on any atom is 0.207 e. The second-order valence-corrected chi connectivity index (χ2v) is 3.65. The van der Waals surface area contributed by atoms with Crippen molar-refractivity contribution in [1.82, 2.24) is 10.2 Å². The molecule has 0 aromatic carbocycles. The van der Waals surface area contributed by atoms with Gasteiger partial charge in [-0.15, -0.1) is 10.2 Å². The molecule has 0 radical (unpaired) electrons. The molecule has 1 rings (SSSR count). The molecule has 0 saturated carbocycles. The summed E-state index contributed by atoms with van der Waals surface area (Å²) in [7, 11) is 0. The molecule has 0 atom stereocenters. The predicted octanol–water partition coefficient (Wildman–Crippen LogP) is 2.12. The largest absolute Gasteiger partial charge is 0.374 e. The van der Waals surface area contributed by atoms with Gasteiger partial charge in [0, 0.05) is 6.61 Å². The molecule has 0 unspecified atom stereocenters. The molecule has 0 bridgehead atoms. The van der Waals surface area contributed by atoms with E-state index in [0.717, 1.165) is 18.0 Å². The number of rotatable bonds is 4. The maximum absolute atomic E-state index is 5.56. The molecule has 0 aliphatic rings. The second kappa shape index (κ2) is 4.64. The van der Waals surface area contributed by atoms with Gasteiger partial charge in [-0.25, -0.2) is 0 Å². The predicted molar refractivity (Wildman–Crippen MR) is 44.9 cm³/mol. The summed E-state index contributed by atoms with van der Waals surface area (Å²) >= 11 is 6.92. The molecule has 3 nitrogen and oxygen atoms in total. The minimum atomic E-state index is 0.472. The van der Waals surface area contributed by atoms with Gasteiger partial charge in [0.25, 0.3) is 0 Å². The molecule has 0 aliphatic heterocycles. The molecule has 11 heavy (non-hydrogen) atoms. The molecule has 0 spiro atoms. The summed E-state index contributed by atoms with van der Waals surface area (Å²) in [5, 5.41) is 8.28. The summed E-state index contributed by atoms with van der Waals surface area (Å²) < 4.78 is 5.70. The molecule has 1 aromatic rings. The zero-order valence-corrected chi connectivity index (χ0v) is 7.78. The number of hydrogen-bond acceptors (Lipinski definition) is 4. The van der Waals surface area contributed by atoms with Crippen molar-refractivity contribution >= 4 is 22.9 Å². The average molecular weight is 193 g/mol. The molecule has 0 N–H and O–H groups in total. The van der Waals surface area contributed by atoms with Crippen molar-refractivity contribution in [3.05, 3.63) is 9.47 Å². The molecular formula is C6H9ClN2OS. The first-order chi connectivity index (χ1) is 5.33. The molecule has 5 heteroatoms. The van der Waals surface area contributed by atoms with Crippen LogP contribution in [-0.4, -0.2) is 16.8 Å². The van der Waals surface area contributed by atoms with Crippen molar-refractivity contribution in [1.29, 1.82) is 0 Å². The lowest BCUT2D eigenvalue weighted by Gasteiger charge is -1.95. The fraction of sp³-hybridized carbons (Fsp3) is 0.667. The van der Waals surface area contributed by atoms with Gasteiger partial charge < -0.3 is 4.74 Å². The van der Waals surface area contributed by atoms with E-state index in [1.165, 1.54) is 11.3 Å². The standard InChI is InChI=1S/C6H9ClN2OS/c1-2-3-10-4-5-8-9-6(7)11-5/h2-4H2,1H3. The Kier molecular flexibility index (Phi) is 3.76. The van der Waals surface area contributed by atoms with E-state index in [0.29, 0.717) is 11.1 Å². The van der Waals surface area contributed by atoms with Crippen LogP contribution in [0.4, 0.5) is 0 Å². The fourth-order valence-corrected chi connectivity index (χ4v) is 1.40. The Labute approximate surface area is 74.4 Å². The van der Waals surface area contributed by atoms with Gasteiger partial charge in [0.05, 0.1) is 0 Å². The molecule has 0 fully saturated rings. The van der Waals surface area contributed by atoms with Gasteiger partial charge in [0.1, 0.15) is 11.6 Å². The lowest BCUT2D eigenvalue weighted by molar-refractivity contribution is 0.121. The van der Waals surface area contributed by atoms with Crippen molar-refractivity contribution in [2.75, 3.05) is 6.61 Å². The van der Waals surface area contributed by atoms with Crippen LogP contribution in [0.1, 0.15) is 18.4 Å². The van der Waals surface area contributed by atoms with Gasteiger partial charge in [-0.2, -0.15) is 0 Å². The first-order valence-electron chi connectivity index (χ1n) is 3.38. The van der Waals surface area contributed by atoms with E-state index in [1.54, 1.807) is 0 Å². The summed E-state index contributed by atoms with van der Waals surface area (Å²) in [6, 6.07) is 0. The number of hydrogen-bond donors (Lipinski definition) is 0. The molecule has 0 amide bonds. The van der Waals surface area contributed by atoms with E-state index in [4.69, 9.17) is 16.3 Å². The highest BCUT2D eigenvalue weighted by Gasteiger charge is 1.99. The Hall–Kier alpha value is -0.190. The summed E-state index contributed by atoms with van der Waals surface area (Å²) in [6.45, 7) is 3.35. The molecule has 1 aromatic heterocycles. The van der Waals surface area contributed by atoms with Crippen molar-refractivity contribution in [3.63, 3.8) is 0 Å². The minimum Gasteiger partial charge on any atom is -0.374 e. The lowest BCUT2D eigenvalue weighted by atomic mass is 10.5. The number of halogens is 1. The number of ether oxygens (including phenoxy) is 1. The van der Waals surface area contributed by atoms with Crippen LogP contribution in [0.5, 0.6) is 0 Å². The normalized spacial score (nSPS) is 10.4. The van der Waals surface area contributed by atoms with Crippen molar-refractivity contribution in [3.8, 4) is 0 Å². The van der Waals surface area contributed by atoms with Crippen LogP contribution in [0.3, 0.4) is 0 Å². The third-order valence-electron chi connectivity index (χ3n) is 1.02. The second-order valence-electron chi connectivity index (χ2n) is 2.00. The minimum absolute atomic E-state index is 0.472. The molecule has 0 aliphatic carbocycles. The van der Waals surface area contributed by atoms with Crippen LogP contribution in [-0.2, 0) is 11.3 Å². The van der Waals surface area contributed by atoms with Gasteiger partial charge in [0.2, 0.25) is 4.47 Å². The Bertz CT molecular complexity index is 216. The third-order valence-corrected chi connectivity index (χ3v) is 2.01. The third kappa shape index (κ3) is 3.14. The SMILES string of the molecule is CCCOCc1nnc(Cl)s1. The van der Waals surface area contributed by atoms with Gasteiger partial charge >= 0.3 is 0 Å². The average Bonchev–Trinajstić information content (AvgIpc) is 2.37. The highest BCUT2D eigenvalue weighted by molar-refractivity contribution is 7.15. The smallest absolute Gasteiger partial charge is 0.207 e. The Morgan fingerprint density at radius 1 is 1.55 bits per heavy atom. The zero-order chi connectivity index (χ0) is 8.10. The quantitative estimate of drug-likeness (QED) is 0.686. The van der Waals surface area contributed by atoms with Crippen LogP contribution < -0.4 is 0 Å². The van der Waals surface area contributed by atoms with E-state index in [-0.39, 0.29) is 0 Å². The van der Waals surface area contributed by atoms with E-state index in [9.17, 15) is 0 Å². The molecule has 0 saturated heterocycles. The van der Waals surface area contributed by atoms with E-state index < -0.39 is 0 Å². The van der Waals surface area contributed by atoms with Crippen LogP contribution >= 0.6 is 22.9 Å². The number of nitrogens with zero attached hydrogens (tertiary/aromatic N) is 2.